The molecular weight excluding hydrogens is 402 g/mol. The van der Waals surface area contributed by atoms with Crippen LogP contribution < -0.4 is 14.8 Å². The fourth-order valence-electron chi connectivity index (χ4n) is 4.46. The van der Waals surface area contributed by atoms with Crippen LogP contribution in [0.25, 0.3) is 5.70 Å². The smallest absolute Gasteiger partial charge is 0.226 e. The van der Waals surface area contributed by atoms with Gasteiger partial charge in [-0.2, -0.15) is 10.1 Å². The summed E-state index contributed by atoms with van der Waals surface area (Å²) in [7, 11) is 0. The monoisotopic (exact) mass is 423 g/mol. The van der Waals surface area contributed by atoms with Gasteiger partial charge in [-0.3, -0.25) is 4.98 Å². The van der Waals surface area contributed by atoms with Gasteiger partial charge in [0.1, 0.15) is 30.0 Å². The van der Waals surface area contributed by atoms with Gasteiger partial charge in [0.2, 0.25) is 5.95 Å². The average molecular weight is 423 g/mol. The summed E-state index contributed by atoms with van der Waals surface area (Å²) in [5.74, 6) is 2.36. The summed E-state index contributed by atoms with van der Waals surface area (Å²) < 4.78 is 14.1. The molecule has 2 aliphatic rings. The molecule has 7 heteroatoms. The molecule has 2 unspecified atom stereocenters. The van der Waals surface area contributed by atoms with E-state index in [2.05, 4.69) is 44.6 Å². The fraction of sp³-hybridized carbons (Fsp3) is 0.160. The first kappa shape index (κ1) is 18.6. The Balaban J connectivity index is 1.57. The van der Waals surface area contributed by atoms with Crippen LogP contribution in [0.1, 0.15) is 35.8 Å². The van der Waals surface area contributed by atoms with Gasteiger partial charge in [-0.25, -0.2) is 4.68 Å². The number of ether oxygens (including phenoxy) is 2. The van der Waals surface area contributed by atoms with Gasteiger partial charge in [0.05, 0.1) is 12.3 Å². The molecule has 2 aromatic carbocycles. The SMILES string of the molecule is CCOc1ccc(C2Oc3ccccc3C3=C2C(c2cccnc2)n2ncnc2N3)cc1. The predicted octanol–water partition coefficient (Wildman–Crippen LogP) is 4.63. The summed E-state index contributed by atoms with van der Waals surface area (Å²) in [6.45, 7) is 2.61. The molecule has 6 rings (SSSR count). The van der Waals surface area contributed by atoms with Gasteiger partial charge in [-0.15, -0.1) is 0 Å². The first-order valence-electron chi connectivity index (χ1n) is 10.6. The van der Waals surface area contributed by atoms with Crippen LogP contribution in [-0.4, -0.2) is 26.4 Å². The number of anilines is 1. The molecule has 0 radical (unpaired) electrons. The summed E-state index contributed by atoms with van der Waals surface area (Å²) in [6, 6.07) is 20.0. The third-order valence-electron chi connectivity index (χ3n) is 5.82. The summed E-state index contributed by atoms with van der Waals surface area (Å²) in [4.78, 5) is 8.82. The van der Waals surface area contributed by atoms with E-state index < -0.39 is 0 Å². The number of para-hydroxylation sites is 1. The van der Waals surface area contributed by atoms with Crippen LogP contribution in [0.2, 0.25) is 0 Å². The van der Waals surface area contributed by atoms with Crippen molar-refractivity contribution < 1.29 is 9.47 Å². The van der Waals surface area contributed by atoms with Crippen molar-refractivity contribution in [2.45, 2.75) is 19.1 Å². The van der Waals surface area contributed by atoms with E-state index in [-0.39, 0.29) is 12.1 Å². The van der Waals surface area contributed by atoms with E-state index in [0.717, 1.165) is 39.5 Å². The molecule has 2 aliphatic heterocycles. The average Bonchev–Trinajstić information content (AvgIpc) is 3.32. The molecule has 4 aromatic rings. The van der Waals surface area contributed by atoms with Crippen molar-refractivity contribution in [3.63, 3.8) is 0 Å². The van der Waals surface area contributed by atoms with Crippen LogP contribution in [0.3, 0.4) is 0 Å². The number of pyridine rings is 1. The maximum Gasteiger partial charge on any atom is 0.226 e. The maximum atomic E-state index is 6.61. The number of hydrogen-bond donors (Lipinski definition) is 1. The van der Waals surface area contributed by atoms with Crippen LogP contribution in [0.4, 0.5) is 5.95 Å². The lowest BCUT2D eigenvalue weighted by molar-refractivity contribution is 0.223. The van der Waals surface area contributed by atoms with E-state index in [1.54, 1.807) is 12.5 Å². The van der Waals surface area contributed by atoms with E-state index in [1.807, 2.05) is 54.2 Å². The van der Waals surface area contributed by atoms with Crippen molar-refractivity contribution in [2.75, 3.05) is 11.9 Å². The van der Waals surface area contributed by atoms with E-state index in [9.17, 15) is 0 Å². The first-order chi connectivity index (χ1) is 15.8. The highest BCUT2D eigenvalue weighted by atomic mass is 16.5. The Bertz CT molecular complexity index is 1300. The number of nitrogens with zero attached hydrogens (tertiary/aromatic N) is 4. The highest BCUT2D eigenvalue weighted by molar-refractivity contribution is 5.85. The summed E-state index contributed by atoms with van der Waals surface area (Å²) in [6.07, 6.45) is 4.91. The number of hydrogen-bond acceptors (Lipinski definition) is 6. The van der Waals surface area contributed by atoms with Crippen molar-refractivity contribution in [1.82, 2.24) is 19.7 Å². The molecule has 0 fully saturated rings. The van der Waals surface area contributed by atoms with E-state index in [0.29, 0.717) is 12.6 Å². The second kappa shape index (κ2) is 7.53. The van der Waals surface area contributed by atoms with E-state index >= 15 is 0 Å². The molecule has 1 N–H and O–H groups in total. The van der Waals surface area contributed by atoms with Gasteiger partial charge in [0.15, 0.2) is 0 Å². The number of rotatable bonds is 4. The van der Waals surface area contributed by atoms with Crippen LogP contribution in [0.5, 0.6) is 11.5 Å². The lowest BCUT2D eigenvalue weighted by Crippen LogP contribution is -2.32. The minimum Gasteiger partial charge on any atom is -0.494 e. The van der Waals surface area contributed by atoms with Gasteiger partial charge in [0.25, 0.3) is 0 Å². The standard InChI is InChI=1S/C25H21N5O2/c1-2-31-18-11-9-16(10-12-18)24-21-22(19-7-3-4-8-20(19)32-24)29-25-27-15-28-30(25)23(21)17-6-5-13-26-14-17/h3-15,23-24H,2H2,1H3,(H,27,28,29). The number of nitrogens with one attached hydrogen (secondary N) is 1. The van der Waals surface area contributed by atoms with Crippen molar-refractivity contribution in [3.05, 3.63) is 102 Å². The summed E-state index contributed by atoms with van der Waals surface area (Å²) in [5, 5.41) is 8.04. The van der Waals surface area contributed by atoms with E-state index in [4.69, 9.17) is 9.47 Å². The minimum absolute atomic E-state index is 0.206. The quantitative estimate of drug-likeness (QED) is 0.516. The van der Waals surface area contributed by atoms with Gasteiger partial charge in [0, 0.05) is 23.5 Å². The number of benzene rings is 2. The topological polar surface area (TPSA) is 74.1 Å². The zero-order valence-corrected chi connectivity index (χ0v) is 17.5. The Morgan fingerprint density at radius 1 is 1.03 bits per heavy atom. The molecule has 4 heterocycles. The third kappa shape index (κ3) is 2.93. The third-order valence-corrected chi connectivity index (χ3v) is 5.82. The molecular formula is C25H21N5O2. The predicted molar refractivity (Wildman–Crippen MR) is 120 cm³/mol. The normalized spacial score (nSPS) is 18.7. The van der Waals surface area contributed by atoms with Crippen molar-refractivity contribution in [1.29, 1.82) is 0 Å². The molecule has 7 nitrogen and oxygen atoms in total. The fourth-order valence-corrected chi connectivity index (χ4v) is 4.46. The Morgan fingerprint density at radius 2 is 1.91 bits per heavy atom. The molecule has 0 bridgehead atoms. The molecule has 0 amide bonds. The van der Waals surface area contributed by atoms with Gasteiger partial charge < -0.3 is 14.8 Å². The van der Waals surface area contributed by atoms with Crippen LogP contribution in [-0.2, 0) is 0 Å². The first-order valence-corrected chi connectivity index (χ1v) is 10.6. The van der Waals surface area contributed by atoms with Crippen molar-refractivity contribution in [2.24, 2.45) is 0 Å². The van der Waals surface area contributed by atoms with Crippen LogP contribution in [0.15, 0.2) is 85.0 Å². The highest BCUT2D eigenvalue weighted by Crippen LogP contribution is 2.50. The number of aromatic nitrogens is 4. The molecule has 32 heavy (non-hydrogen) atoms. The lowest BCUT2D eigenvalue weighted by atomic mass is 9.85. The Morgan fingerprint density at radius 3 is 2.72 bits per heavy atom. The van der Waals surface area contributed by atoms with Gasteiger partial charge in [-0.05, 0) is 48.4 Å². The van der Waals surface area contributed by atoms with Crippen LogP contribution in [0, 0.1) is 0 Å². The van der Waals surface area contributed by atoms with Gasteiger partial charge >= 0.3 is 0 Å². The highest BCUT2D eigenvalue weighted by Gasteiger charge is 2.40. The molecule has 0 saturated carbocycles. The van der Waals surface area contributed by atoms with Crippen LogP contribution >= 0.6 is 0 Å². The van der Waals surface area contributed by atoms with Crippen molar-refractivity contribution in [3.8, 4) is 11.5 Å². The van der Waals surface area contributed by atoms with Crippen molar-refractivity contribution >= 4 is 11.6 Å². The van der Waals surface area contributed by atoms with Gasteiger partial charge in [-0.1, -0.05) is 30.3 Å². The zero-order chi connectivity index (χ0) is 21.5. The second-order valence-electron chi connectivity index (χ2n) is 7.67. The Kier molecular flexibility index (Phi) is 4.38. The van der Waals surface area contributed by atoms with E-state index in [1.165, 1.54) is 0 Å². The second-order valence-corrected chi connectivity index (χ2v) is 7.67. The minimum atomic E-state index is -0.314. The molecule has 2 aromatic heterocycles. The summed E-state index contributed by atoms with van der Waals surface area (Å²) in [5.41, 5.74) is 5.13. The maximum absolute atomic E-state index is 6.61. The molecule has 158 valence electrons. The molecule has 0 spiro atoms. The summed E-state index contributed by atoms with van der Waals surface area (Å²) >= 11 is 0. The Labute approximate surface area is 185 Å². The number of fused-ring (bicyclic) bond motifs is 3. The molecule has 0 aliphatic carbocycles. The zero-order valence-electron chi connectivity index (χ0n) is 17.5. The largest absolute Gasteiger partial charge is 0.494 e. The lowest BCUT2D eigenvalue weighted by Gasteiger charge is -2.38. The molecule has 2 atom stereocenters. The molecule has 0 saturated heterocycles. The Hall–Kier alpha value is -4.13.